The van der Waals surface area contributed by atoms with E-state index in [9.17, 15) is 14.9 Å². The van der Waals surface area contributed by atoms with Crippen molar-refractivity contribution in [2.75, 3.05) is 43.4 Å². The third-order valence-electron chi connectivity index (χ3n) is 6.97. The molecule has 0 saturated carbocycles. The lowest BCUT2D eigenvalue weighted by molar-refractivity contribution is -0.384. The fourth-order valence-electron chi connectivity index (χ4n) is 4.88. The molecule has 5 aromatic rings. The maximum atomic E-state index is 13.2. The molecule has 1 aliphatic rings. The molecule has 0 unspecified atom stereocenters. The lowest BCUT2D eigenvalue weighted by Gasteiger charge is -2.33. The summed E-state index contributed by atoms with van der Waals surface area (Å²) in [5.74, 6) is -0.0734. The van der Waals surface area contributed by atoms with Gasteiger partial charge in [0.05, 0.1) is 16.2 Å². The summed E-state index contributed by atoms with van der Waals surface area (Å²) in [5.41, 5.74) is 3.15. The lowest BCUT2D eigenvalue weighted by Crippen LogP contribution is -2.44. The van der Waals surface area contributed by atoms with Gasteiger partial charge in [0.2, 0.25) is 5.89 Å². The SMILES string of the molecule is CN1CCN(c2ccc(C(=O)Nc3ccccc3-c3nc4c(ccc5ccccc54)o3)cc2[N+](=O)[O-])CC1. The number of benzene rings is 4. The van der Waals surface area contributed by atoms with Gasteiger partial charge in [-0.3, -0.25) is 14.9 Å². The van der Waals surface area contributed by atoms with Gasteiger partial charge in [-0.25, -0.2) is 4.98 Å². The molecule has 2 heterocycles. The molecule has 0 aliphatic carbocycles. The highest BCUT2D eigenvalue weighted by Gasteiger charge is 2.25. The van der Waals surface area contributed by atoms with E-state index in [1.54, 1.807) is 24.3 Å². The Morgan fingerprint density at radius 2 is 1.74 bits per heavy atom. The van der Waals surface area contributed by atoms with E-state index in [-0.39, 0.29) is 11.3 Å². The summed E-state index contributed by atoms with van der Waals surface area (Å²) >= 11 is 0. The topological polar surface area (TPSA) is 105 Å². The first kappa shape index (κ1) is 23.6. The largest absolute Gasteiger partial charge is 0.436 e. The predicted molar refractivity (Wildman–Crippen MR) is 148 cm³/mol. The second-order valence-corrected chi connectivity index (χ2v) is 9.40. The number of amides is 1. The number of carbonyl (C=O) groups is 1. The average molecular weight is 508 g/mol. The molecule has 38 heavy (non-hydrogen) atoms. The van der Waals surface area contributed by atoms with E-state index >= 15 is 0 Å². The second kappa shape index (κ2) is 9.60. The molecular weight excluding hydrogens is 482 g/mol. The number of hydrogen-bond donors (Lipinski definition) is 1. The number of nitro benzene ring substituents is 1. The van der Waals surface area contributed by atoms with Crippen LogP contribution in [0.25, 0.3) is 33.3 Å². The van der Waals surface area contributed by atoms with Crippen LogP contribution in [0.1, 0.15) is 10.4 Å². The lowest BCUT2D eigenvalue weighted by atomic mass is 10.1. The van der Waals surface area contributed by atoms with Crippen molar-refractivity contribution in [2.24, 2.45) is 0 Å². The van der Waals surface area contributed by atoms with Crippen LogP contribution in [0.2, 0.25) is 0 Å². The van der Waals surface area contributed by atoms with Crippen LogP contribution in [-0.2, 0) is 0 Å². The number of nitrogens with zero attached hydrogens (tertiary/aromatic N) is 4. The zero-order chi connectivity index (χ0) is 26.2. The van der Waals surface area contributed by atoms with Gasteiger partial charge in [-0.05, 0) is 42.8 Å². The first-order valence-corrected chi connectivity index (χ1v) is 12.4. The van der Waals surface area contributed by atoms with E-state index in [1.165, 1.54) is 6.07 Å². The molecule has 0 spiro atoms. The van der Waals surface area contributed by atoms with Crippen LogP contribution in [0.5, 0.6) is 0 Å². The number of aromatic nitrogens is 1. The maximum Gasteiger partial charge on any atom is 0.293 e. The Kier molecular flexibility index (Phi) is 5.97. The third-order valence-corrected chi connectivity index (χ3v) is 6.97. The molecule has 190 valence electrons. The average Bonchev–Trinajstić information content (AvgIpc) is 3.38. The van der Waals surface area contributed by atoms with E-state index in [0.717, 1.165) is 29.4 Å². The molecule has 0 bridgehead atoms. The normalized spacial score (nSPS) is 14.2. The minimum absolute atomic E-state index is 0.0821. The van der Waals surface area contributed by atoms with Crippen molar-refractivity contribution in [1.29, 1.82) is 0 Å². The van der Waals surface area contributed by atoms with Crippen molar-refractivity contribution < 1.29 is 14.1 Å². The van der Waals surface area contributed by atoms with Gasteiger partial charge in [0, 0.05) is 43.2 Å². The Morgan fingerprint density at radius 3 is 2.55 bits per heavy atom. The Labute approximate surface area is 218 Å². The first-order chi connectivity index (χ1) is 18.5. The van der Waals surface area contributed by atoms with Gasteiger partial charge in [-0.15, -0.1) is 0 Å². The van der Waals surface area contributed by atoms with Gasteiger partial charge in [-0.1, -0.05) is 42.5 Å². The third kappa shape index (κ3) is 4.33. The molecule has 1 aliphatic heterocycles. The van der Waals surface area contributed by atoms with Crippen molar-refractivity contribution >= 4 is 44.8 Å². The predicted octanol–water partition coefficient (Wildman–Crippen LogP) is 5.56. The summed E-state index contributed by atoms with van der Waals surface area (Å²) in [6, 6.07) is 23.7. The van der Waals surface area contributed by atoms with Crippen LogP contribution in [-0.4, -0.2) is 53.9 Å². The highest BCUT2D eigenvalue weighted by Crippen LogP contribution is 2.34. The summed E-state index contributed by atoms with van der Waals surface area (Å²) in [5, 5.41) is 16.8. The maximum absolute atomic E-state index is 13.2. The Bertz CT molecular complexity index is 1690. The summed E-state index contributed by atoms with van der Waals surface area (Å²) < 4.78 is 6.07. The van der Waals surface area contributed by atoms with Crippen molar-refractivity contribution in [1.82, 2.24) is 9.88 Å². The summed E-state index contributed by atoms with van der Waals surface area (Å²) in [4.78, 5) is 33.6. The minimum Gasteiger partial charge on any atom is -0.436 e. The quantitative estimate of drug-likeness (QED) is 0.245. The van der Waals surface area contributed by atoms with Crippen molar-refractivity contribution in [3.63, 3.8) is 0 Å². The smallest absolute Gasteiger partial charge is 0.293 e. The number of fused-ring (bicyclic) bond motifs is 3. The van der Waals surface area contributed by atoms with Crippen LogP contribution in [0.3, 0.4) is 0 Å². The molecule has 9 heteroatoms. The van der Waals surface area contributed by atoms with Gasteiger partial charge >= 0.3 is 0 Å². The minimum atomic E-state index is -0.452. The zero-order valence-electron chi connectivity index (χ0n) is 20.8. The molecule has 1 amide bonds. The van der Waals surface area contributed by atoms with E-state index in [1.807, 2.05) is 60.5 Å². The zero-order valence-corrected chi connectivity index (χ0v) is 20.8. The monoisotopic (exact) mass is 507 g/mol. The molecular formula is C29H25N5O4. The summed E-state index contributed by atoms with van der Waals surface area (Å²) in [6.07, 6.45) is 0. The highest BCUT2D eigenvalue weighted by molar-refractivity contribution is 6.07. The van der Waals surface area contributed by atoms with Crippen LogP contribution < -0.4 is 10.2 Å². The van der Waals surface area contributed by atoms with Gasteiger partial charge in [0.1, 0.15) is 11.2 Å². The van der Waals surface area contributed by atoms with E-state index in [2.05, 4.69) is 10.2 Å². The van der Waals surface area contributed by atoms with Gasteiger partial charge in [0.15, 0.2) is 5.58 Å². The molecule has 1 fully saturated rings. The fourth-order valence-corrected chi connectivity index (χ4v) is 4.88. The van der Waals surface area contributed by atoms with Crippen LogP contribution in [0.4, 0.5) is 17.1 Å². The van der Waals surface area contributed by atoms with Gasteiger partial charge < -0.3 is 19.5 Å². The van der Waals surface area contributed by atoms with Crippen LogP contribution in [0, 0.1) is 10.1 Å². The molecule has 0 radical (unpaired) electrons. The molecule has 9 nitrogen and oxygen atoms in total. The number of anilines is 2. The number of carbonyl (C=O) groups excluding carboxylic acids is 1. The number of nitro groups is 1. The van der Waals surface area contributed by atoms with E-state index < -0.39 is 10.8 Å². The standard InChI is InChI=1S/C29H25N5O4/c1-32-14-16-33(17-15-32)24-12-10-20(18-25(24)34(36)37)28(35)30-23-9-5-4-8-22(23)29-31-27-21-7-3-2-6-19(21)11-13-26(27)38-29/h2-13,18H,14-17H2,1H3,(H,30,35). The van der Waals surface area contributed by atoms with Crippen LogP contribution in [0.15, 0.2) is 83.3 Å². The van der Waals surface area contributed by atoms with Crippen molar-refractivity contribution in [3.05, 3.63) is 94.5 Å². The van der Waals surface area contributed by atoms with Gasteiger partial charge in [0.25, 0.3) is 11.6 Å². The molecule has 1 N–H and O–H groups in total. The van der Waals surface area contributed by atoms with Gasteiger partial charge in [-0.2, -0.15) is 0 Å². The fraction of sp³-hybridized carbons (Fsp3) is 0.172. The first-order valence-electron chi connectivity index (χ1n) is 12.4. The highest BCUT2D eigenvalue weighted by atomic mass is 16.6. The van der Waals surface area contributed by atoms with Crippen molar-refractivity contribution in [3.8, 4) is 11.5 Å². The Morgan fingerprint density at radius 1 is 0.974 bits per heavy atom. The number of hydrogen-bond acceptors (Lipinski definition) is 7. The molecule has 0 atom stereocenters. The number of oxazole rings is 1. The molecule has 4 aromatic carbocycles. The molecule has 1 saturated heterocycles. The molecule has 1 aromatic heterocycles. The van der Waals surface area contributed by atoms with E-state index in [0.29, 0.717) is 41.5 Å². The molecule has 6 rings (SSSR count). The Hall–Kier alpha value is -4.76. The number of rotatable bonds is 5. The number of likely N-dealkylation sites (N-methyl/N-ethyl adjacent to an activating group) is 1. The second-order valence-electron chi connectivity index (χ2n) is 9.40. The number of nitrogens with one attached hydrogen (secondary N) is 1. The van der Waals surface area contributed by atoms with Crippen molar-refractivity contribution in [2.45, 2.75) is 0 Å². The van der Waals surface area contributed by atoms with Crippen LogP contribution >= 0.6 is 0 Å². The summed E-state index contributed by atoms with van der Waals surface area (Å²) in [7, 11) is 2.03. The summed E-state index contributed by atoms with van der Waals surface area (Å²) in [6.45, 7) is 3.02. The van der Waals surface area contributed by atoms with E-state index in [4.69, 9.17) is 9.40 Å². The number of piperazine rings is 1. The Balaban J connectivity index is 1.31. The number of para-hydroxylation sites is 1.